The Hall–Kier alpha value is -4.16. The number of methoxy groups -OCH3 is 1. The topological polar surface area (TPSA) is 125 Å². The molecule has 2 fully saturated rings. The van der Waals surface area contributed by atoms with Crippen LogP contribution < -0.4 is 15.5 Å². The molecule has 0 saturated heterocycles. The third-order valence-corrected chi connectivity index (χ3v) is 7.52. The van der Waals surface area contributed by atoms with Crippen LogP contribution in [0.4, 0.5) is 30.8 Å². The van der Waals surface area contributed by atoms with Gasteiger partial charge in [-0.15, -0.1) is 0 Å². The van der Waals surface area contributed by atoms with Gasteiger partial charge >= 0.3 is 12.1 Å². The van der Waals surface area contributed by atoms with Crippen LogP contribution in [0, 0.1) is 0 Å². The van der Waals surface area contributed by atoms with E-state index in [1.54, 1.807) is 0 Å². The SMILES string of the molecule is COC(=O)c1cc(Nc2cc(C3CC3)[nH]n2)nc(N(C)C2CCC(NC(=O)Cc3cccc(C(F)(F)F)c3)CC2)n1. The van der Waals surface area contributed by atoms with Crippen molar-refractivity contribution in [3.05, 3.63) is 58.9 Å². The molecule has 218 valence electrons. The third-order valence-electron chi connectivity index (χ3n) is 7.52. The first-order valence-electron chi connectivity index (χ1n) is 13.6. The van der Waals surface area contributed by atoms with Crippen LogP contribution in [-0.4, -0.2) is 58.3 Å². The van der Waals surface area contributed by atoms with Crippen molar-refractivity contribution in [2.24, 2.45) is 0 Å². The van der Waals surface area contributed by atoms with Gasteiger partial charge in [0.2, 0.25) is 11.9 Å². The zero-order valence-corrected chi connectivity index (χ0v) is 22.8. The van der Waals surface area contributed by atoms with Crippen LogP contribution in [0.15, 0.2) is 36.4 Å². The maximum atomic E-state index is 13.0. The number of hydrogen-bond acceptors (Lipinski definition) is 8. The average Bonchev–Trinajstić information content (AvgIpc) is 3.70. The van der Waals surface area contributed by atoms with Gasteiger partial charge in [0.05, 0.1) is 19.1 Å². The number of hydrogen-bond donors (Lipinski definition) is 3. The first-order valence-corrected chi connectivity index (χ1v) is 13.6. The Balaban J connectivity index is 1.19. The number of esters is 1. The summed E-state index contributed by atoms with van der Waals surface area (Å²) in [5, 5.41) is 13.4. The van der Waals surface area contributed by atoms with Crippen LogP contribution in [0.2, 0.25) is 0 Å². The van der Waals surface area contributed by atoms with E-state index in [9.17, 15) is 22.8 Å². The number of aromatic nitrogens is 4. The minimum atomic E-state index is -4.45. The molecule has 2 heterocycles. The van der Waals surface area contributed by atoms with Gasteiger partial charge in [0, 0.05) is 42.9 Å². The molecule has 0 bridgehead atoms. The summed E-state index contributed by atoms with van der Waals surface area (Å²) in [5.41, 5.74) is 0.720. The van der Waals surface area contributed by atoms with Crippen molar-refractivity contribution in [1.82, 2.24) is 25.5 Å². The van der Waals surface area contributed by atoms with E-state index < -0.39 is 17.7 Å². The minimum absolute atomic E-state index is 0.0548. The van der Waals surface area contributed by atoms with E-state index in [0.29, 0.717) is 41.9 Å². The largest absolute Gasteiger partial charge is 0.464 e. The molecule has 0 aliphatic heterocycles. The molecule has 2 saturated carbocycles. The van der Waals surface area contributed by atoms with E-state index in [-0.39, 0.29) is 30.1 Å². The lowest BCUT2D eigenvalue weighted by atomic mass is 9.90. The summed E-state index contributed by atoms with van der Waals surface area (Å²) in [5.74, 6) is 0.969. The number of rotatable bonds is 9. The van der Waals surface area contributed by atoms with Crippen molar-refractivity contribution in [2.75, 3.05) is 24.4 Å². The molecule has 41 heavy (non-hydrogen) atoms. The summed E-state index contributed by atoms with van der Waals surface area (Å²) in [4.78, 5) is 35.9. The molecule has 1 aromatic carbocycles. The highest BCUT2D eigenvalue weighted by Gasteiger charge is 2.31. The van der Waals surface area contributed by atoms with Crippen LogP contribution in [0.1, 0.15) is 71.8 Å². The lowest BCUT2D eigenvalue weighted by Crippen LogP contribution is -2.43. The number of alkyl halides is 3. The fourth-order valence-electron chi connectivity index (χ4n) is 5.09. The highest BCUT2D eigenvalue weighted by molar-refractivity contribution is 5.88. The van der Waals surface area contributed by atoms with Gasteiger partial charge in [0.1, 0.15) is 5.82 Å². The normalized spacial score (nSPS) is 19.0. The predicted octanol–water partition coefficient (Wildman–Crippen LogP) is 4.73. The van der Waals surface area contributed by atoms with E-state index in [4.69, 9.17) is 4.74 Å². The Morgan fingerprint density at radius 2 is 1.80 bits per heavy atom. The number of anilines is 3. The van der Waals surface area contributed by atoms with Gasteiger partial charge in [-0.25, -0.2) is 9.78 Å². The number of nitrogens with zero attached hydrogens (tertiary/aromatic N) is 4. The fraction of sp³-hybridized carbons (Fsp3) is 0.464. The number of benzene rings is 1. The van der Waals surface area contributed by atoms with E-state index in [2.05, 4.69) is 30.8 Å². The highest BCUT2D eigenvalue weighted by atomic mass is 19.4. The Kier molecular flexibility index (Phi) is 8.13. The summed E-state index contributed by atoms with van der Waals surface area (Å²) < 4.78 is 43.9. The van der Waals surface area contributed by atoms with Crippen LogP contribution in [0.5, 0.6) is 0 Å². The minimum Gasteiger partial charge on any atom is -0.464 e. The summed E-state index contributed by atoms with van der Waals surface area (Å²) in [7, 11) is 3.15. The Labute approximate surface area is 235 Å². The van der Waals surface area contributed by atoms with Gasteiger partial charge in [-0.2, -0.15) is 23.3 Å². The smallest absolute Gasteiger partial charge is 0.416 e. The highest BCUT2D eigenvalue weighted by Crippen LogP contribution is 2.39. The maximum absolute atomic E-state index is 13.0. The number of carbonyl (C=O) groups excluding carboxylic acids is 2. The second kappa shape index (κ2) is 11.8. The van der Waals surface area contributed by atoms with Crippen molar-refractivity contribution in [1.29, 1.82) is 0 Å². The average molecular weight is 572 g/mol. The number of ether oxygens (including phenoxy) is 1. The van der Waals surface area contributed by atoms with Crippen molar-refractivity contribution in [2.45, 2.75) is 69.1 Å². The first kappa shape index (κ1) is 28.4. The Morgan fingerprint density at radius 3 is 2.49 bits per heavy atom. The zero-order chi connectivity index (χ0) is 29.1. The molecule has 13 heteroatoms. The lowest BCUT2D eigenvalue weighted by molar-refractivity contribution is -0.137. The summed E-state index contributed by atoms with van der Waals surface area (Å²) in [6, 6.07) is 8.25. The number of H-pyrrole nitrogens is 1. The summed E-state index contributed by atoms with van der Waals surface area (Å²) in [6.07, 6.45) is 0.521. The van der Waals surface area contributed by atoms with E-state index in [0.717, 1.165) is 43.5 Å². The monoisotopic (exact) mass is 571 g/mol. The quantitative estimate of drug-likeness (QED) is 0.315. The third kappa shape index (κ3) is 7.14. The second-order valence-electron chi connectivity index (χ2n) is 10.6. The number of halogens is 3. The first-order chi connectivity index (χ1) is 19.6. The molecule has 1 amide bonds. The van der Waals surface area contributed by atoms with Crippen LogP contribution in [-0.2, 0) is 22.1 Å². The number of amides is 1. The van der Waals surface area contributed by atoms with Gasteiger partial charge in [0.25, 0.3) is 0 Å². The molecule has 10 nitrogen and oxygen atoms in total. The van der Waals surface area contributed by atoms with Gasteiger partial charge in [0.15, 0.2) is 11.5 Å². The molecule has 0 unspecified atom stereocenters. The number of carbonyl (C=O) groups is 2. The molecule has 3 N–H and O–H groups in total. The molecule has 2 aromatic heterocycles. The van der Waals surface area contributed by atoms with Crippen LogP contribution in [0.3, 0.4) is 0 Å². The van der Waals surface area contributed by atoms with Crippen LogP contribution in [0.25, 0.3) is 0 Å². The molecule has 3 aromatic rings. The molecule has 0 atom stereocenters. The molecular weight excluding hydrogens is 539 g/mol. The van der Waals surface area contributed by atoms with Crippen molar-refractivity contribution in [3.63, 3.8) is 0 Å². The van der Waals surface area contributed by atoms with Crippen molar-refractivity contribution >= 4 is 29.5 Å². The Bertz CT molecular complexity index is 1400. The summed E-state index contributed by atoms with van der Waals surface area (Å²) >= 11 is 0. The molecule has 0 spiro atoms. The molecule has 2 aliphatic carbocycles. The van der Waals surface area contributed by atoms with E-state index >= 15 is 0 Å². The number of aromatic amines is 1. The number of nitrogens with one attached hydrogen (secondary N) is 3. The van der Waals surface area contributed by atoms with Gasteiger partial charge in [-0.1, -0.05) is 18.2 Å². The van der Waals surface area contributed by atoms with E-state index in [1.165, 1.54) is 25.3 Å². The fourth-order valence-corrected chi connectivity index (χ4v) is 5.09. The Morgan fingerprint density at radius 1 is 1.05 bits per heavy atom. The molecule has 2 aliphatic rings. The predicted molar refractivity (Wildman–Crippen MR) is 145 cm³/mol. The lowest BCUT2D eigenvalue weighted by Gasteiger charge is -2.35. The molecular formula is C28H32F3N7O3. The van der Waals surface area contributed by atoms with Gasteiger partial charge < -0.3 is 20.3 Å². The maximum Gasteiger partial charge on any atom is 0.416 e. The second-order valence-corrected chi connectivity index (χ2v) is 10.6. The standard InChI is InChI=1S/C28H32F3N7O3/c1-38(20-10-8-19(9-11-20)32-25(39)13-16-4-3-5-18(12-16)28(29,30)31)27-33-22(26(40)41-2)15-23(35-27)34-24-14-21(36-37-24)17-6-7-17/h3-5,12,14-15,17,19-20H,6-11,13H2,1-2H3,(H,32,39)(H2,33,34,35,36,37). The molecule has 0 radical (unpaired) electrons. The van der Waals surface area contributed by atoms with Crippen LogP contribution >= 0.6 is 0 Å². The van der Waals surface area contributed by atoms with Crippen molar-refractivity contribution in [3.8, 4) is 0 Å². The van der Waals surface area contributed by atoms with E-state index in [1.807, 2.05) is 18.0 Å². The van der Waals surface area contributed by atoms with Gasteiger partial charge in [-0.3, -0.25) is 9.89 Å². The van der Waals surface area contributed by atoms with Crippen molar-refractivity contribution < 1.29 is 27.5 Å². The van der Waals surface area contributed by atoms with Gasteiger partial charge in [-0.05, 0) is 50.2 Å². The molecule has 5 rings (SSSR count). The zero-order valence-electron chi connectivity index (χ0n) is 22.8. The summed E-state index contributed by atoms with van der Waals surface area (Å²) in [6.45, 7) is 0.